The van der Waals surface area contributed by atoms with E-state index < -0.39 is 6.03 Å². The highest BCUT2D eigenvalue weighted by atomic mass is 35.5. The Balaban J connectivity index is 1.83. The molecular weight excluding hydrogens is 445 g/mol. The highest BCUT2D eigenvalue weighted by Crippen LogP contribution is 2.32. The summed E-state index contributed by atoms with van der Waals surface area (Å²) in [4.78, 5) is 25.3. The molecule has 0 aliphatic rings. The summed E-state index contributed by atoms with van der Waals surface area (Å²) in [6, 6.07) is 17.8. The van der Waals surface area contributed by atoms with Gasteiger partial charge in [0.25, 0.3) is 5.91 Å². The Kier molecular flexibility index (Phi) is 7.10. The molecule has 9 heteroatoms. The second-order valence-electron chi connectivity index (χ2n) is 6.11. The molecule has 0 saturated heterocycles. The van der Waals surface area contributed by atoms with Gasteiger partial charge in [0.15, 0.2) is 0 Å². The third-order valence-electron chi connectivity index (χ3n) is 4.01. The van der Waals surface area contributed by atoms with E-state index in [2.05, 4.69) is 23.4 Å². The van der Waals surface area contributed by atoms with Crippen molar-refractivity contribution < 1.29 is 14.3 Å². The summed E-state index contributed by atoms with van der Waals surface area (Å²) < 4.78 is 6.35. The average Bonchev–Trinajstić information content (AvgIpc) is 2.72. The first-order valence-corrected chi connectivity index (χ1v) is 9.83. The van der Waals surface area contributed by atoms with Crippen LogP contribution in [0.1, 0.15) is 10.4 Å². The summed E-state index contributed by atoms with van der Waals surface area (Å²) in [5.74, 6) is 0.0226. The van der Waals surface area contributed by atoms with Gasteiger partial charge in [-0.15, -0.1) is 0 Å². The van der Waals surface area contributed by atoms with E-state index >= 15 is 0 Å². The maximum atomic E-state index is 12.7. The number of anilines is 3. The second-order valence-corrected chi connectivity index (χ2v) is 7.38. The zero-order valence-electron chi connectivity index (χ0n) is 15.7. The van der Waals surface area contributed by atoms with Crippen LogP contribution in [0.3, 0.4) is 0 Å². The summed E-state index contributed by atoms with van der Waals surface area (Å²) in [6.45, 7) is 0. The van der Waals surface area contributed by atoms with E-state index in [1.165, 1.54) is 13.2 Å². The third-order valence-corrected chi connectivity index (χ3v) is 4.84. The lowest BCUT2D eigenvalue weighted by molar-refractivity contribution is 0.102. The molecule has 3 rings (SSSR count). The molecule has 0 aromatic heterocycles. The van der Waals surface area contributed by atoms with E-state index in [1.54, 1.807) is 42.5 Å². The van der Waals surface area contributed by atoms with E-state index in [1.807, 2.05) is 18.2 Å². The Morgan fingerprint density at radius 2 is 1.57 bits per heavy atom. The lowest BCUT2D eigenvalue weighted by atomic mass is 10.1. The van der Waals surface area contributed by atoms with E-state index in [4.69, 9.17) is 27.9 Å². The zero-order chi connectivity index (χ0) is 21.7. The van der Waals surface area contributed by atoms with Gasteiger partial charge in [-0.3, -0.25) is 4.79 Å². The van der Waals surface area contributed by atoms with Crippen LogP contribution in [0.4, 0.5) is 21.9 Å². The van der Waals surface area contributed by atoms with Crippen molar-refractivity contribution in [3.63, 3.8) is 0 Å². The van der Waals surface area contributed by atoms with Crippen molar-refractivity contribution >= 4 is 65.0 Å². The predicted octanol–water partition coefficient (Wildman–Crippen LogP) is 6.14. The second kappa shape index (κ2) is 9.75. The number of ether oxygens (including phenoxy) is 1. The number of benzene rings is 3. The Hall–Kier alpha value is -2.87. The molecule has 0 fully saturated rings. The van der Waals surface area contributed by atoms with Gasteiger partial charge in [-0.05, 0) is 48.5 Å². The molecule has 3 amide bonds. The largest absolute Gasteiger partial charge is 0.495 e. The summed E-state index contributed by atoms with van der Waals surface area (Å²) in [5, 5.41) is 6.19. The van der Waals surface area contributed by atoms with Crippen molar-refractivity contribution in [2.24, 2.45) is 0 Å². The molecule has 0 saturated carbocycles. The number of urea groups is 1. The number of rotatable bonds is 5. The summed E-state index contributed by atoms with van der Waals surface area (Å²) in [7, 11) is 1.46. The topological polar surface area (TPSA) is 70.7 Å². The van der Waals surface area contributed by atoms with Gasteiger partial charge in [-0.2, -0.15) is 0 Å². The Morgan fingerprint density at radius 3 is 2.20 bits per heavy atom. The fourth-order valence-electron chi connectivity index (χ4n) is 2.63. The minimum Gasteiger partial charge on any atom is -0.495 e. The number of halogens is 2. The molecule has 0 unspecified atom stereocenters. The highest BCUT2D eigenvalue weighted by Gasteiger charge is 2.19. The van der Waals surface area contributed by atoms with Crippen molar-refractivity contribution in [1.29, 1.82) is 0 Å². The average molecular weight is 462 g/mol. The van der Waals surface area contributed by atoms with Crippen LogP contribution >= 0.6 is 36.0 Å². The standard InChI is InChI=1S/C21H17Cl2N3O3S/c1-29-19-8-7-13(20(27)24-16-5-3-2-4-6-16)9-18(19)26(30)21(28)25-17-11-14(22)10-15(23)12-17/h2-12,30H,1H3,(H,24,27)(H,25,28). The Morgan fingerprint density at radius 1 is 0.900 bits per heavy atom. The molecule has 0 aliphatic heterocycles. The molecular formula is C21H17Cl2N3O3S. The van der Waals surface area contributed by atoms with Crippen molar-refractivity contribution in [1.82, 2.24) is 0 Å². The molecule has 0 heterocycles. The number of carbonyl (C=O) groups is 2. The summed E-state index contributed by atoms with van der Waals surface area (Å²) in [6.07, 6.45) is 0. The molecule has 30 heavy (non-hydrogen) atoms. The van der Waals surface area contributed by atoms with Gasteiger partial charge in [-0.1, -0.05) is 54.2 Å². The van der Waals surface area contributed by atoms with E-state index in [0.29, 0.717) is 32.7 Å². The zero-order valence-corrected chi connectivity index (χ0v) is 18.1. The number of hydrogen-bond acceptors (Lipinski definition) is 4. The van der Waals surface area contributed by atoms with Gasteiger partial charge in [0.2, 0.25) is 0 Å². The number of amides is 3. The van der Waals surface area contributed by atoms with Crippen molar-refractivity contribution in [3.05, 3.63) is 82.3 Å². The lowest BCUT2D eigenvalue weighted by Crippen LogP contribution is -2.27. The first-order valence-electron chi connectivity index (χ1n) is 8.68. The van der Waals surface area contributed by atoms with Gasteiger partial charge < -0.3 is 15.4 Å². The number of nitrogens with one attached hydrogen (secondary N) is 2. The van der Waals surface area contributed by atoms with E-state index in [0.717, 1.165) is 4.31 Å². The number of hydrogen-bond donors (Lipinski definition) is 3. The molecule has 154 valence electrons. The number of carbonyl (C=O) groups excluding carboxylic acids is 2. The molecule has 0 bridgehead atoms. The van der Waals surface area contributed by atoms with Crippen molar-refractivity contribution in [3.8, 4) is 5.75 Å². The van der Waals surface area contributed by atoms with Crippen LogP contribution in [0.5, 0.6) is 5.75 Å². The van der Waals surface area contributed by atoms with Crippen molar-refractivity contribution in [2.75, 3.05) is 22.0 Å². The van der Waals surface area contributed by atoms with Crippen LogP contribution in [0.25, 0.3) is 0 Å². The molecule has 3 aromatic rings. The maximum Gasteiger partial charge on any atom is 0.336 e. The van der Waals surface area contributed by atoms with Gasteiger partial charge in [-0.25, -0.2) is 9.10 Å². The first kappa shape index (κ1) is 21.8. The van der Waals surface area contributed by atoms with Crippen LogP contribution in [0, 0.1) is 0 Å². The molecule has 2 N–H and O–H groups in total. The van der Waals surface area contributed by atoms with Crippen LogP contribution in [0.15, 0.2) is 66.7 Å². The van der Waals surface area contributed by atoms with E-state index in [9.17, 15) is 9.59 Å². The third kappa shape index (κ3) is 5.38. The molecule has 0 aliphatic carbocycles. The number of thiol groups is 1. The lowest BCUT2D eigenvalue weighted by Gasteiger charge is -2.20. The number of nitrogens with zero attached hydrogens (tertiary/aromatic N) is 1. The van der Waals surface area contributed by atoms with Crippen LogP contribution in [0.2, 0.25) is 10.0 Å². The summed E-state index contributed by atoms with van der Waals surface area (Å²) >= 11 is 16.2. The summed E-state index contributed by atoms with van der Waals surface area (Å²) in [5.41, 5.74) is 1.66. The fourth-order valence-corrected chi connectivity index (χ4v) is 3.37. The predicted molar refractivity (Wildman–Crippen MR) is 124 cm³/mol. The van der Waals surface area contributed by atoms with E-state index in [-0.39, 0.29) is 11.6 Å². The minimum absolute atomic E-state index is 0.284. The van der Waals surface area contributed by atoms with Gasteiger partial charge >= 0.3 is 6.03 Å². The molecule has 0 radical (unpaired) electrons. The van der Waals surface area contributed by atoms with Crippen molar-refractivity contribution in [2.45, 2.75) is 0 Å². The van der Waals surface area contributed by atoms with Gasteiger partial charge in [0, 0.05) is 27.0 Å². The molecule has 6 nitrogen and oxygen atoms in total. The smallest absolute Gasteiger partial charge is 0.336 e. The van der Waals surface area contributed by atoms with Crippen LogP contribution in [-0.2, 0) is 0 Å². The molecule has 0 spiro atoms. The monoisotopic (exact) mass is 461 g/mol. The SMILES string of the molecule is COc1ccc(C(=O)Nc2ccccc2)cc1N(S)C(=O)Nc1cc(Cl)cc(Cl)c1. The fraction of sp³-hybridized carbons (Fsp3) is 0.0476. The van der Waals surface area contributed by atoms with Crippen LogP contribution < -0.4 is 19.7 Å². The minimum atomic E-state index is -0.587. The molecule has 3 aromatic carbocycles. The van der Waals surface area contributed by atoms with Gasteiger partial charge in [0.1, 0.15) is 5.75 Å². The maximum absolute atomic E-state index is 12.7. The van der Waals surface area contributed by atoms with Gasteiger partial charge in [0.05, 0.1) is 12.8 Å². The first-order chi connectivity index (χ1) is 14.4. The normalized spacial score (nSPS) is 10.3. The quantitative estimate of drug-likeness (QED) is 0.399. The molecule has 0 atom stereocenters. The Bertz CT molecular complexity index is 1060. The Labute approximate surface area is 189 Å². The number of methoxy groups -OCH3 is 1. The van der Waals surface area contributed by atoms with Crippen LogP contribution in [-0.4, -0.2) is 19.0 Å². The highest BCUT2D eigenvalue weighted by molar-refractivity contribution is 7.82. The number of para-hydroxylation sites is 1.